The van der Waals surface area contributed by atoms with Gasteiger partial charge in [-0.1, -0.05) is 17.2 Å². The summed E-state index contributed by atoms with van der Waals surface area (Å²) < 4.78 is 0. The Labute approximate surface area is 115 Å². The van der Waals surface area contributed by atoms with Gasteiger partial charge >= 0.3 is 0 Å². The van der Waals surface area contributed by atoms with Gasteiger partial charge in [-0.2, -0.15) is 0 Å². The molecule has 3 heteroatoms. The van der Waals surface area contributed by atoms with E-state index in [-0.39, 0.29) is 17.9 Å². The Hall–Kier alpha value is -1.35. The molecule has 1 aromatic carbocycles. The lowest BCUT2D eigenvalue weighted by Gasteiger charge is -2.34. The Balaban J connectivity index is 2.14. The average molecular weight is 261 g/mol. The molecule has 19 heavy (non-hydrogen) atoms. The van der Waals surface area contributed by atoms with E-state index in [4.69, 9.17) is 0 Å². The predicted molar refractivity (Wildman–Crippen MR) is 76.2 cm³/mol. The fourth-order valence-corrected chi connectivity index (χ4v) is 2.87. The van der Waals surface area contributed by atoms with Crippen molar-refractivity contribution < 1.29 is 9.90 Å². The van der Waals surface area contributed by atoms with E-state index in [9.17, 15) is 9.90 Å². The second-order valence-corrected chi connectivity index (χ2v) is 5.77. The third-order valence-corrected chi connectivity index (χ3v) is 3.90. The topological polar surface area (TPSA) is 40.5 Å². The van der Waals surface area contributed by atoms with Gasteiger partial charge in [0, 0.05) is 24.6 Å². The molecular formula is C16H23NO2. The molecule has 1 amide bonds. The number of rotatable bonds is 2. The standard InChI is InChI=1S/C16H23NO2/c1-11-7-12(2)9-15(8-11)16(19)17-6-4-5-14(10-17)13(3)18/h7-9,13-14,18H,4-6,10H2,1-3H3. The second kappa shape index (κ2) is 5.74. The van der Waals surface area contributed by atoms with Gasteiger partial charge in [-0.3, -0.25) is 4.79 Å². The molecule has 1 aromatic rings. The van der Waals surface area contributed by atoms with Crippen molar-refractivity contribution in [2.24, 2.45) is 5.92 Å². The maximum Gasteiger partial charge on any atom is 0.253 e. The number of amides is 1. The largest absolute Gasteiger partial charge is 0.393 e. The first-order valence-electron chi connectivity index (χ1n) is 7.03. The lowest BCUT2D eigenvalue weighted by atomic mass is 9.93. The normalized spacial score (nSPS) is 21.3. The van der Waals surface area contributed by atoms with Crippen molar-refractivity contribution in [1.29, 1.82) is 0 Å². The molecule has 1 heterocycles. The van der Waals surface area contributed by atoms with Crippen molar-refractivity contribution in [3.63, 3.8) is 0 Å². The minimum Gasteiger partial charge on any atom is -0.393 e. The number of piperidine rings is 1. The molecule has 1 aliphatic rings. The molecular weight excluding hydrogens is 238 g/mol. The number of aliphatic hydroxyl groups excluding tert-OH is 1. The van der Waals surface area contributed by atoms with Crippen LogP contribution in [0.15, 0.2) is 18.2 Å². The summed E-state index contributed by atoms with van der Waals surface area (Å²) in [7, 11) is 0. The van der Waals surface area contributed by atoms with Crippen LogP contribution >= 0.6 is 0 Å². The molecule has 0 spiro atoms. The van der Waals surface area contributed by atoms with Gasteiger partial charge in [-0.15, -0.1) is 0 Å². The zero-order valence-electron chi connectivity index (χ0n) is 12.0. The summed E-state index contributed by atoms with van der Waals surface area (Å²) in [5, 5.41) is 9.70. The lowest BCUT2D eigenvalue weighted by Crippen LogP contribution is -2.43. The van der Waals surface area contributed by atoms with E-state index < -0.39 is 0 Å². The monoisotopic (exact) mass is 261 g/mol. The Morgan fingerprint density at radius 1 is 1.32 bits per heavy atom. The fraction of sp³-hybridized carbons (Fsp3) is 0.562. The molecule has 1 N–H and O–H groups in total. The third kappa shape index (κ3) is 3.35. The number of nitrogens with zero attached hydrogens (tertiary/aromatic N) is 1. The van der Waals surface area contributed by atoms with Crippen LogP contribution in [0, 0.1) is 19.8 Å². The van der Waals surface area contributed by atoms with E-state index in [1.165, 1.54) is 0 Å². The minimum absolute atomic E-state index is 0.0946. The maximum atomic E-state index is 12.5. The Bertz CT molecular complexity index is 448. The first-order valence-corrected chi connectivity index (χ1v) is 7.03. The number of hydrogen-bond acceptors (Lipinski definition) is 2. The van der Waals surface area contributed by atoms with Crippen molar-refractivity contribution in [3.8, 4) is 0 Å². The summed E-state index contributed by atoms with van der Waals surface area (Å²) in [4.78, 5) is 14.4. The number of benzene rings is 1. The number of carbonyl (C=O) groups is 1. The van der Waals surface area contributed by atoms with Gasteiger partial charge in [0.15, 0.2) is 0 Å². The molecule has 0 aliphatic carbocycles. The van der Waals surface area contributed by atoms with Crippen molar-refractivity contribution in [3.05, 3.63) is 34.9 Å². The highest BCUT2D eigenvalue weighted by molar-refractivity contribution is 5.94. The zero-order chi connectivity index (χ0) is 14.0. The van der Waals surface area contributed by atoms with Crippen LogP contribution in [0.5, 0.6) is 0 Å². The van der Waals surface area contributed by atoms with Crippen LogP contribution in [-0.2, 0) is 0 Å². The van der Waals surface area contributed by atoms with Gasteiger partial charge in [-0.25, -0.2) is 0 Å². The molecule has 1 aliphatic heterocycles. The van der Waals surface area contributed by atoms with Crippen LogP contribution in [0.3, 0.4) is 0 Å². The van der Waals surface area contributed by atoms with Gasteiger partial charge in [0.1, 0.15) is 0 Å². The Kier molecular flexibility index (Phi) is 4.25. The first kappa shape index (κ1) is 14.1. The van der Waals surface area contributed by atoms with Crippen LogP contribution in [0.2, 0.25) is 0 Å². The quantitative estimate of drug-likeness (QED) is 0.888. The van der Waals surface area contributed by atoms with Crippen molar-refractivity contribution in [1.82, 2.24) is 4.90 Å². The molecule has 2 rings (SSSR count). The Morgan fingerprint density at radius 3 is 2.53 bits per heavy atom. The second-order valence-electron chi connectivity index (χ2n) is 5.77. The number of aliphatic hydroxyl groups is 1. The fourth-order valence-electron chi connectivity index (χ4n) is 2.87. The smallest absolute Gasteiger partial charge is 0.253 e. The number of carbonyl (C=O) groups excluding carboxylic acids is 1. The van der Waals surface area contributed by atoms with E-state index in [1.54, 1.807) is 0 Å². The van der Waals surface area contributed by atoms with Gasteiger partial charge < -0.3 is 10.0 Å². The zero-order valence-corrected chi connectivity index (χ0v) is 12.0. The highest BCUT2D eigenvalue weighted by Crippen LogP contribution is 2.22. The number of hydrogen-bond donors (Lipinski definition) is 1. The molecule has 104 valence electrons. The van der Waals surface area contributed by atoms with Crippen LogP contribution in [0.1, 0.15) is 41.3 Å². The SMILES string of the molecule is Cc1cc(C)cc(C(=O)N2CCCC(C(C)O)C2)c1. The van der Waals surface area contributed by atoms with Gasteiger partial charge in [0.05, 0.1) is 6.10 Å². The lowest BCUT2D eigenvalue weighted by molar-refractivity contribution is 0.0466. The van der Waals surface area contributed by atoms with Crippen molar-refractivity contribution in [2.75, 3.05) is 13.1 Å². The molecule has 0 aromatic heterocycles. The summed E-state index contributed by atoms with van der Waals surface area (Å²) in [5.41, 5.74) is 3.00. The van der Waals surface area contributed by atoms with Crippen molar-refractivity contribution in [2.45, 2.75) is 39.7 Å². The van der Waals surface area contributed by atoms with Crippen LogP contribution in [0.4, 0.5) is 0 Å². The molecule has 2 atom stereocenters. The predicted octanol–water partition coefficient (Wildman–Crippen LogP) is 2.54. The van der Waals surface area contributed by atoms with Gasteiger partial charge in [0.25, 0.3) is 5.91 Å². The molecule has 0 saturated carbocycles. The number of aryl methyl sites for hydroxylation is 2. The minimum atomic E-state index is -0.338. The van der Waals surface area contributed by atoms with Crippen LogP contribution in [0.25, 0.3) is 0 Å². The van der Waals surface area contributed by atoms with Crippen LogP contribution in [-0.4, -0.2) is 35.1 Å². The maximum absolute atomic E-state index is 12.5. The molecule has 1 saturated heterocycles. The molecule has 1 fully saturated rings. The molecule has 0 bridgehead atoms. The molecule has 3 nitrogen and oxygen atoms in total. The summed E-state index contributed by atoms with van der Waals surface area (Å²) >= 11 is 0. The highest BCUT2D eigenvalue weighted by atomic mass is 16.3. The third-order valence-electron chi connectivity index (χ3n) is 3.90. The highest BCUT2D eigenvalue weighted by Gasteiger charge is 2.27. The summed E-state index contributed by atoms with van der Waals surface area (Å²) in [6, 6.07) is 5.97. The van der Waals surface area contributed by atoms with E-state index >= 15 is 0 Å². The summed E-state index contributed by atoms with van der Waals surface area (Å²) in [5.74, 6) is 0.306. The van der Waals surface area contributed by atoms with Crippen molar-refractivity contribution >= 4 is 5.91 Å². The number of likely N-dealkylation sites (tertiary alicyclic amines) is 1. The van der Waals surface area contributed by atoms with E-state index in [0.29, 0.717) is 6.54 Å². The van der Waals surface area contributed by atoms with E-state index in [0.717, 1.165) is 36.1 Å². The molecule has 2 unspecified atom stereocenters. The first-order chi connectivity index (χ1) is 8.97. The van der Waals surface area contributed by atoms with E-state index in [2.05, 4.69) is 6.07 Å². The summed E-state index contributed by atoms with van der Waals surface area (Å²) in [6.45, 7) is 7.31. The van der Waals surface area contributed by atoms with Gasteiger partial charge in [-0.05, 0) is 45.7 Å². The average Bonchev–Trinajstić information content (AvgIpc) is 2.37. The van der Waals surface area contributed by atoms with E-state index in [1.807, 2.05) is 37.8 Å². The van der Waals surface area contributed by atoms with Gasteiger partial charge in [0.2, 0.25) is 0 Å². The Morgan fingerprint density at radius 2 is 1.95 bits per heavy atom. The molecule has 0 radical (unpaired) electrons. The van der Waals surface area contributed by atoms with Crippen LogP contribution < -0.4 is 0 Å². The summed E-state index contributed by atoms with van der Waals surface area (Å²) in [6.07, 6.45) is 1.65.